The smallest absolute Gasteiger partial charge is 0.418 e. The largest absolute Gasteiger partial charge is 0.463 e. The second kappa shape index (κ2) is 4.52. The Morgan fingerprint density at radius 3 is 2.53 bits per heavy atom. The van der Waals surface area contributed by atoms with Gasteiger partial charge in [-0.15, -0.1) is 0 Å². The summed E-state index contributed by atoms with van der Waals surface area (Å²) < 4.78 is 43.3. The molecule has 0 saturated carbocycles. The van der Waals surface area contributed by atoms with Crippen molar-refractivity contribution in [2.24, 2.45) is 0 Å². The van der Waals surface area contributed by atoms with Crippen molar-refractivity contribution in [3.63, 3.8) is 0 Å². The van der Waals surface area contributed by atoms with Crippen LogP contribution in [0.3, 0.4) is 0 Å². The number of halogens is 4. The molecule has 2 nitrogen and oxygen atoms in total. The van der Waals surface area contributed by atoms with E-state index in [2.05, 4.69) is 20.9 Å². The van der Waals surface area contributed by atoms with E-state index in [0.717, 1.165) is 6.07 Å². The molecule has 0 aromatic carbocycles. The van der Waals surface area contributed by atoms with Gasteiger partial charge < -0.3 is 4.42 Å². The molecule has 0 fully saturated rings. The van der Waals surface area contributed by atoms with Crippen molar-refractivity contribution in [1.82, 2.24) is 4.98 Å². The van der Waals surface area contributed by atoms with E-state index in [1.807, 2.05) is 0 Å². The van der Waals surface area contributed by atoms with E-state index in [0.29, 0.717) is 11.0 Å². The number of furan rings is 1. The van der Waals surface area contributed by atoms with Crippen molar-refractivity contribution in [2.45, 2.75) is 11.5 Å². The predicted molar refractivity (Wildman–Crippen MR) is 59.6 cm³/mol. The van der Waals surface area contributed by atoms with E-state index in [9.17, 15) is 13.2 Å². The van der Waals surface area contributed by atoms with Crippen molar-refractivity contribution in [1.29, 1.82) is 0 Å². The van der Waals surface area contributed by atoms with E-state index in [1.54, 1.807) is 0 Å². The van der Waals surface area contributed by atoms with Gasteiger partial charge in [0.15, 0.2) is 5.76 Å². The fourth-order valence-electron chi connectivity index (χ4n) is 1.40. The van der Waals surface area contributed by atoms with Gasteiger partial charge in [0, 0.05) is 5.33 Å². The number of rotatable bonds is 2. The monoisotopic (exact) mass is 305 g/mol. The number of alkyl halides is 4. The summed E-state index contributed by atoms with van der Waals surface area (Å²) in [4.78, 5) is 3.94. The molecular formula is C11H7BrF3NO. The highest BCUT2D eigenvalue weighted by atomic mass is 79.9. The molecule has 6 heteroatoms. The molecule has 2 rings (SSSR count). The zero-order valence-corrected chi connectivity index (χ0v) is 10.0. The molecular weight excluding hydrogens is 299 g/mol. The van der Waals surface area contributed by atoms with Crippen LogP contribution in [0.25, 0.3) is 11.5 Å². The Hall–Kier alpha value is -1.30. The molecule has 90 valence electrons. The van der Waals surface area contributed by atoms with Crippen LogP contribution < -0.4 is 0 Å². The SMILES string of the molecule is FC(F)(F)c1ccc(CBr)nc1-c1ccco1. The van der Waals surface area contributed by atoms with Crippen LogP contribution in [-0.4, -0.2) is 4.98 Å². The second-order valence-electron chi connectivity index (χ2n) is 3.31. The van der Waals surface area contributed by atoms with Crippen molar-refractivity contribution in [3.8, 4) is 11.5 Å². The van der Waals surface area contributed by atoms with Gasteiger partial charge in [-0.25, -0.2) is 4.98 Å². The van der Waals surface area contributed by atoms with E-state index in [-0.39, 0.29) is 11.5 Å². The van der Waals surface area contributed by atoms with Crippen molar-refractivity contribution >= 4 is 15.9 Å². The third kappa shape index (κ3) is 2.52. The summed E-state index contributed by atoms with van der Waals surface area (Å²) in [5, 5.41) is 0.388. The van der Waals surface area contributed by atoms with Crippen LogP contribution in [0.1, 0.15) is 11.3 Å². The summed E-state index contributed by atoms with van der Waals surface area (Å²) in [6, 6.07) is 5.33. The highest BCUT2D eigenvalue weighted by Gasteiger charge is 2.35. The first-order valence-corrected chi connectivity index (χ1v) is 5.81. The van der Waals surface area contributed by atoms with E-state index < -0.39 is 11.7 Å². The van der Waals surface area contributed by atoms with Crippen LogP contribution in [0.15, 0.2) is 34.9 Å². The minimum atomic E-state index is -4.44. The minimum Gasteiger partial charge on any atom is -0.463 e. The minimum absolute atomic E-state index is 0.111. The third-order valence-electron chi connectivity index (χ3n) is 2.15. The molecule has 0 aliphatic heterocycles. The Labute approximate surface area is 104 Å². The molecule has 0 radical (unpaired) electrons. The third-order valence-corrected chi connectivity index (χ3v) is 2.72. The number of pyridine rings is 1. The van der Waals surface area contributed by atoms with Crippen molar-refractivity contribution in [3.05, 3.63) is 41.8 Å². The Morgan fingerprint density at radius 2 is 2.00 bits per heavy atom. The first-order valence-electron chi connectivity index (χ1n) is 4.69. The van der Waals surface area contributed by atoms with Crippen molar-refractivity contribution < 1.29 is 17.6 Å². The second-order valence-corrected chi connectivity index (χ2v) is 3.87. The topological polar surface area (TPSA) is 26.0 Å². The molecule has 0 saturated heterocycles. The van der Waals surface area contributed by atoms with Gasteiger partial charge in [0.1, 0.15) is 5.69 Å². The van der Waals surface area contributed by atoms with Gasteiger partial charge in [-0.2, -0.15) is 13.2 Å². The van der Waals surface area contributed by atoms with Crippen LogP contribution in [0.5, 0.6) is 0 Å². The van der Waals surface area contributed by atoms with E-state index in [1.165, 1.54) is 24.5 Å². The molecule has 0 aliphatic carbocycles. The van der Waals surface area contributed by atoms with E-state index >= 15 is 0 Å². The quantitative estimate of drug-likeness (QED) is 0.775. The lowest BCUT2D eigenvalue weighted by molar-refractivity contribution is -0.137. The van der Waals surface area contributed by atoms with Gasteiger partial charge in [0.2, 0.25) is 0 Å². The number of aromatic nitrogens is 1. The first-order chi connectivity index (χ1) is 8.02. The molecule has 0 aliphatic rings. The lowest BCUT2D eigenvalue weighted by Gasteiger charge is -2.11. The van der Waals surface area contributed by atoms with Crippen molar-refractivity contribution in [2.75, 3.05) is 0 Å². The Balaban J connectivity index is 2.61. The van der Waals surface area contributed by atoms with Crippen LogP contribution in [0.2, 0.25) is 0 Å². The lowest BCUT2D eigenvalue weighted by atomic mass is 10.1. The molecule has 0 atom stereocenters. The molecule has 2 aromatic rings. The molecule has 0 spiro atoms. The average molecular weight is 306 g/mol. The molecule has 2 aromatic heterocycles. The molecule has 2 heterocycles. The molecule has 0 N–H and O–H groups in total. The number of hydrogen-bond acceptors (Lipinski definition) is 2. The Kier molecular flexibility index (Phi) is 3.24. The molecule has 0 unspecified atom stereocenters. The maximum Gasteiger partial charge on any atom is 0.418 e. The zero-order valence-electron chi connectivity index (χ0n) is 8.46. The molecule has 0 amide bonds. The lowest BCUT2D eigenvalue weighted by Crippen LogP contribution is -2.09. The maximum absolute atomic E-state index is 12.8. The van der Waals surface area contributed by atoms with Gasteiger partial charge in [0.25, 0.3) is 0 Å². The average Bonchev–Trinajstić information content (AvgIpc) is 2.80. The van der Waals surface area contributed by atoms with Gasteiger partial charge in [0.05, 0.1) is 17.5 Å². The number of nitrogens with zero attached hydrogens (tertiary/aromatic N) is 1. The summed E-state index contributed by atoms with van der Waals surface area (Å²) in [6.45, 7) is 0. The summed E-state index contributed by atoms with van der Waals surface area (Å²) in [6.07, 6.45) is -3.13. The van der Waals surface area contributed by atoms with E-state index in [4.69, 9.17) is 4.42 Å². The molecule has 0 bridgehead atoms. The fourth-order valence-corrected chi connectivity index (χ4v) is 1.72. The zero-order chi connectivity index (χ0) is 12.5. The first kappa shape index (κ1) is 12.2. The van der Waals surface area contributed by atoms with Gasteiger partial charge in [-0.05, 0) is 24.3 Å². The highest BCUT2D eigenvalue weighted by Crippen LogP contribution is 2.36. The Bertz CT molecular complexity index is 508. The summed E-state index contributed by atoms with van der Waals surface area (Å²) in [5.74, 6) is 0.111. The summed E-state index contributed by atoms with van der Waals surface area (Å²) in [7, 11) is 0. The van der Waals surface area contributed by atoms with Crippen LogP contribution in [0.4, 0.5) is 13.2 Å². The normalized spacial score (nSPS) is 11.8. The summed E-state index contributed by atoms with van der Waals surface area (Å²) >= 11 is 3.16. The molecule has 17 heavy (non-hydrogen) atoms. The summed E-state index contributed by atoms with van der Waals surface area (Å²) in [5.41, 5.74) is -0.457. The maximum atomic E-state index is 12.8. The van der Waals surface area contributed by atoms with Gasteiger partial charge >= 0.3 is 6.18 Å². The van der Waals surface area contributed by atoms with Gasteiger partial charge in [-0.1, -0.05) is 15.9 Å². The van der Waals surface area contributed by atoms with Crippen LogP contribution in [0, 0.1) is 0 Å². The van der Waals surface area contributed by atoms with Gasteiger partial charge in [-0.3, -0.25) is 0 Å². The standard InChI is InChI=1S/C11H7BrF3NO/c12-6-7-3-4-8(11(13,14)15)10(16-7)9-2-1-5-17-9/h1-5H,6H2. The number of hydrogen-bond donors (Lipinski definition) is 0. The Morgan fingerprint density at radius 1 is 1.24 bits per heavy atom. The predicted octanol–water partition coefficient (Wildman–Crippen LogP) is 4.26. The van der Waals surface area contributed by atoms with Crippen LogP contribution >= 0.6 is 15.9 Å². The highest BCUT2D eigenvalue weighted by molar-refractivity contribution is 9.08. The van der Waals surface area contributed by atoms with Crippen LogP contribution in [-0.2, 0) is 11.5 Å². The fraction of sp³-hybridized carbons (Fsp3) is 0.182.